The van der Waals surface area contributed by atoms with Gasteiger partial charge in [-0.05, 0) is 87.3 Å². The van der Waals surface area contributed by atoms with E-state index >= 15 is 0 Å². The molecule has 3 N–H and O–H groups in total. The summed E-state index contributed by atoms with van der Waals surface area (Å²) in [5.74, 6) is 1.18. The van der Waals surface area contributed by atoms with Gasteiger partial charge in [-0.3, -0.25) is 9.59 Å². The van der Waals surface area contributed by atoms with Crippen LogP contribution in [-0.4, -0.2) is 31.5 Å². The maximum absolute atomic E-state index is 12.4. The fourth-order valence-electron chi connectivity index (χ4n) is 3.23. The fourth-order valence-corrected chi connectivity index (χ4v) is 3.23. The van der Waals surface area contributed by atoms with Crippen LogP contribution in [0.15, 0.2) is 48.5 Å². The number of carbonyl (C=O) groups excluding carboxylic acids is 2. The molecule has 1 aliphatic heterocycles. The van der Waals surface area contributed by atoms with Gasteiger partial charge in [0.25, 0.3) is 5.91 Å². The van der Waals surface area contributed by atoms with Gasteiger partial charge in [-0.1, -0.05) is 0 Å². The van der Waals surface area contributed by atoms with Crippen LogP contribution >= 0.6 is 12.4 Å². The first-order valence-electron chi connectivity index (χ1n) is 9.79. The lowest BCUT2D eigenvalue weighted by atomic mass is 10.0. The molecule has 0 aliphatic carbocycles. The predicted molar refractivity (Wildman–Crippen MR) is 118 cm³/mol. The number of hydrogen-bond acceptors (Lipinski definition) is 4. The minimum absolute atomic E-state index is 0. The molecular formula is C22H28ClN3O3. The Bertz CT molecular complexity index is 788. The number of amides is 2. The number of hydrogen-bond donors (Lipinski definition) is 3. The molecule has 2 amide bonds. The zero-order valence-corrected chi connectivity index (χ0v) is 17.4. The van der Waals surface area contributed by atoms with E-state index in [4.69, 9.17) is 4.74 Å². The molecule has 2 aromatic carbocycles. The summed E-state index contributed by atoms with van der Waals surface area (Å²) < 4.78 is 5.39. The lowest BCUT2D eigenvalue weighted by Gasteiger charge is -2.10. The summed E-state index contributed by atoms with van der Waals surface area (Å²) in [6.45, 7) is 4.58. The maximum atomic E-state index is 12.4. The van der Waals surface area contributed by atoms with Crippen molar-refractivity contribution in [1.29, 1.82) is 0 Å². The van der Waals surface area contributed by atoms with Crippen molar-refractivity contribution in [2.24, 2.45) is 5.92 Å². The number of nitrogens with one attached hydrogen (secondary N) is 3. The van der Waals surface area contributed by atoms with E-state index in [-0.39, 0.29) is 24.2 Å². The molecule has 0 bridgehead atoms. The zero-order valence-electron chi connectivity index (χ0n) is 16.6. The molecule has 29 heavy (non-hydrogen) atoms. The van der Waals surface area contributed by atoms with Crippen LogP contribution in [0.1, 0.15) is 36.5 Å². The van der Waals surface area contributed by atoms with Crippen LogP contribution in [0.5, 0.6) is 5.75 Å². The van der Waals surface area contributed by atoms with Gasteiger partial charge in [-0.25, -0.2) is 0 Å². The lowest BCUT2D eigenvalue weighted by molar-refractivity contribution is -0.116. The van der Waals surface area contributed by atoms with E-state index in [0.29, 0.717) is 35.9 Å². The number of benzene rings is 2. The maximum Gasteiger partial charge on any atom is 0.255 e. The van der Waals surface area contributed by atoms with Crippen LogP contribution in [0.2, 0.25) is 0 Å². The SMILES string of the molecule is CCOc1ccc(NC(=O)c2ccc(NC(=O)CCC3CCNC3)cc2)cc1.Cl. The van der Waals surface area contributed by atoms with E-state index < -0.39 is 0 Å². The largest absolute Gasteiger partial charge is 0.494 e. The zero-order chi connectivity index (χ0) is 19.8. The van der Waals surface area contributed by atoms with Gasteiger partial charge in [-0.2, -0.15) is 0 Å². The molecule has 0 aromatic heterocycles. The standard InChI is InChI=1S/C22H27N3O3.ClH/c1-2-28-20-10-8-19(9-11-20)25-22(27)17-4-6-18(7-5-17)24-21(26)12-3-16-13-14-23-15-16;/h4-11,16,23H,2-3,12-15H2,1H3,(H,24,26)(H,25,27);1H. The second-order valence-electron chi connectivity index (χ2n) is 6.93. The highest BCUT2D eigenvalue weighted by atomic mass is 35.5. The Kier molecular flexibility index (Phi) is 8.96. The van der Waals surface area contributed by atoms with Crippen molar-refractivity contribution in [1.82, 2.24) is 5.32 Å². The summed E-state index contributed by atoms with van der Waals surface area (Å²) in [5.41, 5.74) is 1.93. The third kappa shape index (κ3) is 7.07. The Morgan fingerprint density at radius 3 is 2.31 bits per heavy atom. The molecule has 1 saturated heterocycles. The minimum atomic E-state index is -0.198. The van der Waals surface area contributed by atoms with Gasteiger partial charge < -0.3 is 20.7 Å². The third-order valence-electron chi connectivity index (χ3n) is 4.80. The number of carbonyl (C=O) groups is 2. The number of halogens is 1. The molecule has 1 heterocycles. The van der Waals surface area contributed by atoms with Gasteiger partial charge in [0, 0.05) is 23.4 Å². The number of rotatable bonds is 8. The van der Waals surface area contributed by atoms with Crippen molar-refractivity contribution >= 4 is 35.6 Å². The van der Waals surface area contributed by atoms with Gasteiger partial charge >= 0.3 is 0 Å². The monoisotopic (exact) mass is 417 g/mol. The Morgan fingerprint density at radius 1 is 1.03 bits per heavy atom. The van der Waals surface area contributed by atoms with Crippen LogP contribution in [0.4, 0.5) is 11.4 Å². The van der Waals surface area contributed by atoms with Crippen LogP contribution in [0, 0.1) is 5.92 Å². The van der Waals surface area contributed by atoms with Crippen molar-refractivity contribution in [3.05, 3.63) is 54.1 Å². The summed E-state index contributed by atoms with van der Waals surface area (Å²) >= 11 is 0. The van der Waals surface area contributed by atoms with E-state index in [1.807, 2.05) is 19.1 Å². The highest BCUT2D eigenvalue weighted by Gasteiger charge is 2.15. The molecule has 1 fully saturated rings. The van der Waals surface area contributed by atoms with E-state index in [2.05, 4.69) is 16.0 Å². The molecular weight excluding hydrogens is 390 g/mol. The molecule has 3 rings (SSSR count). The topological polar surface area (TPSA) is 79.5 Å². The fraction of sp³-hybridized carbons (Fsp3) is 0.364. The van der Waals surface area contributed by atoms with E-state index in [1.165, 1.54) is 0 Å². The predicted octanol–water partition coefficient (Wildman–Crippen LogP) is 4.09. The first-order chi connectivity index (χ1) is 13.6. The van der Waals surface area contributed by atoms with E-state index in [1.54, 1.807) is 36.4 Å². The Hall–Kier alpha value is -2.57. The number of ether oxygens (including phenoxy) is 1. The second kappa shape index (κ2) is 11.4. The molecule has 1 aliphatic rings. The van der Waals surface area contributed by atoms with Gasteiger partial charge in [0.05, 0.1) is 6.61 Å². The quantitative estimate of drug-likeness (QED) is 0.604. The third-order valence-corrected chi connectivity index (χ3v) is 4.80. The normalized spacial score (nSPS) is 15.3. The van der Waals surface area contributed by atoms with Crippen molar-refractivity contribution in [2.75, 3.05) is 30.3 Å². The average Bonchev–Trinajstić information content (AvgIpc) is 3.22. The Morgan fingerprint density at radius 2 is 1.69 bits per heavy atom. The molecule has 0 saturated carbocycles. The average molecular weight is 418 g/mol. The van der Waals surface area contributed by atoms with Crippen molar-refractivity contribution in [3.63, 3.8) is 0 Å². The van der Waals surface area contributed by atoms with Crippen molar-refractivity contribution in [3.8, 4) is 5.75 Å². The molecule has 2 aromatic rings. The molecule has 0 radical (unpaired) electrons. The Labute approximate surface area is 177 Å². The lowest BCUT2D eigenvalue weighted by Crippen LogP contribution is -2.15. The summed E-state index contributed by atoms with van der Waals surface area (Å²) in [5, 5.41) is 9.06. The van der Waals surface area contributed by atoms with Gasteiger partial charge in [0.1, 0.15) is 5.75 Å². The van der Waals surface area contributed by atoms with E-state index in [9.17, 15) is 9.59 Å². The van der Waals surface area contributed by atoms with Gasteiger partial charge in [-0.15, -0.1) is 12.4 Å². The molecule has 156 valence electrons. The van der Waals surface area contributed by atoms with Crippen LogP contribution in [0.3, 0.4) is 0 Å². The van der Waals surface area contributed by atoms with Crippen molar-refractivity contribution < 1.29 is 14.3 Å². The van der Waals surface area contributed by atoms with Crippen LogP contribution < -0.4 is 20.7 Å². The second-order valence-corrected chi connectivity index (χ2v) is 6.93. The minimum Gasteiger partial charge on any atom is -0.494 e. The molecule has 7 heteroatoms. The van der Waals surface area contributed by atoms with Crippen LogP contribution in [-0.2, 0) is 4.79 Å². The molecule has 1 atom stereocenters. The van der Waals surface area contributed by atoms with Gasteiger partial charge in [0.15, 0.2) is 0 Å². The van der Waals surface area contributed by atoms with Crippen LogP contribution in [0.25, 0.3) is 0 Å². The smallest absolute Gasteiger partial charge is 0.255 e. The van der Waals surface area contributed by atoms with Gasteiger partial charge in [0.2, 0.25) is 5.91 Å². The highest BCUT2D eigenvalue weighted by molar-refractivity contribution is 6.04. The Balaban J connectivity index is 0.00000300. The molecule has 6 nitrogen and oxygen atoms in total. The highest BCUT2D eigenvalue weighted by Crippen LogP contribution is 2.18. The summed E-state index contributed by atoms with van der Waals surface area (Å²) in [4.78, 5) is 24.5. The summed E-state index contributed by atoms with van der Waals surface area (Å²) in [6.07, 6.45) is 2.57. The van der Waals surface area contributed by atoms with E-state index in [0.717, 1.165) is 31.7 Å². The first kappa shape index (κ1) is 22.7. The molecule has 1 unspecified atom stereocenters. The summed E-state index contributed by atoms with van der Waals surface area (Å²) in [7, 11) is 0. The van der Waals surface area contributed by atoms with Crippen molar-refractivity contribution in [2.45, 2.75) is 26.2 Å². The summed E-state index contributed by atoms with van der Waals surface area (Å²) in [6, 6.07) is 14.2. The first-order valence-corrected chi connectivity index (χ1v) is 9.79. The number of anilines is 2. The molecule has 0 spiro atoms.